The molecule has 1 fully saturated rings. The number of hydrogen-bond acceptors (Lipinski definition) is 4. The molecule has 1 heterocycles. The number of hydrogen-bond donors (Lipinski definition) is 1. The van der Waals surface area contributed by atoms with Gasteiger partial charge in [0, 0.05) is 26.2 Å². The number of amides is 2. The van der Waals surface area contributed by atoms with E-state index in [1.165, 1.54) is 7.11 Å². The third-order valence-electron chi connectivity index (χ3n) is 3.76. The third-order valence-corrected chi connectivity index (χ3v) is 3.76. The van der Waals surface area contributed by atoms with E-state index in [0.29, 0.717) is 24.4 Å². The van der Waals surface area contributed by atoms with Crippen LogP contribution in [0.25, 0.3) is 0 Å². The molecule has 6 heteroatoms. The van der Waals surface area contributed by atoms with E-state index in [9.17, 15) is 9.59 Å². The lowest BCUT2D eigenvalue weighted by Gasteiger charge is -2.32. The maximum atomic E-state index is 12.5. The highest BCUT2D eigenvalue weighted by Gasteiger charge is 2.25. The number of carbonyl (C=O) groups excluding carboxylic acids is 2. The van der Waals surface area contributed by atoms with Crippen molar-refractivity contribution in [3.8, 4) is 5.75 Å². The molecule has 0 spiro atoms. The highest BCUT2D eigenvalue weighted by molar-refractivity contribution is 5.97. The molecule has 1 aromatic rings. The van der Waals surface area contributed by atoms with Crippen LogP contribution < -0.4 is 10.1 Å². The predicted molar refractivity (Wildman–Crippen MR) is 81.9 cm³/mol. The first-order chi connectivity index (χ1) is 10.7. The number of para-hydroxylation sites is 1. The van der Waals surface area contributed by atoms with E-state index in [1.807, 2.05) is 12.1 Å². The summed E-state index contributed by atoms with van der Waals surface area (Å²) >= 11 is 0. The van der Waals surface area contributed by atoms with Crippen molar-refractivity contribution in [3.05, 3.63) is 29.8 Å². The van der Waals surface area contributed by atoms with Crippen LogP contribution in [0.15, 0.2) is 24.3 Å². The molecule has 0 saturated carbocycles. The highest BCUT2D eigenvalue weighted by atomic mass is 16.5. The minimum Gasteiger partial charge on any atom is -0.496 e. The quantitative estimate of drug-likeness (QED) is 0.883. The summed E-state index contributed by atoms with van der Waals surface area (Å²) in [5, 5.41) is 2.91. The van der Waals surface area contributed by atoms with E-state index < -0.39 is 0 Å². The number of carbonyl (C=O) groups is 2. The Morgan fingerprint density at radius 3 is 2.55 bits per heavy atom. The summed E-state index contributed by atoms with van der Waals surface area (Å²) in [7, 11) is 3.05. The summed E-state index contributed by atoms with van der Waals surface area (Å²) in [5.74, 6) is 0.444. The monoisotopic (exact) mass is 306 g/mol. The average Bonchev–Trinajstić information content (AvgIpc) is 2.55. The van der Waals surface area contributed by atoms with Crippen LogP contribution in [0.2, 0.25) is 0 Å². The number of nitrogens with one attached hydrogen (secondary N) is 1. The van der Waals surface area contributed by atoms with Crippen LogP contribution in [0.4, 0.5) is 0 Å². The van der Waals surface area contributed by atoms with Crippen molar-refractivity contribution in [3.63, 3.8) is 0 Å². The smallest absolute Gasteiger partial charge is 0.257 e. The second-order valence-corrected chi connectivity index (χ2v) is 5.27. The third kappa shape index (κ3) is 3.98. The molecule has 120 valence electrons. The van der Waals surface area contributed by atoms with E-state index >= 15 is 0 Å². The first-order valence-electron chi connectivity index (χ1n) is 7.36. The maximum absolute atomic E-state index is 12.5. The van der Waals surface area contributed by atoms with Crippen molar-refractivity contribution >= 4 is 11.8 Å². The van der Waals surface area contributed by atoms with Gasteiger partial charge < -0.3 is 19.7 Å². The molecule has 1 aromatic carbocycles. The van der Waals surface area contributed by atoms with Crippen molar-refractivity contribution in [2.75, 3.05) is 33.9 Å². The molecule has 0 aromatic heterocycles. The Bertz CT molecular complexity index is 525. The molecule has 1 aliphatic rings. The van der Waals surface area contributed by atoms with Crippen molar-refractivity contribution in [1.82, 2.24) is 10.2 Å². The van der Waals surface area contributed by atoms with Gasteiger partial charge in [0.15, 0.2) is 0 Å². The van der Waals surface area contributed by atoms with Gasteiger partial charge in [-0.25, -0.2) is 0 Å². The summed E-state index contributed by atoms with van der Waals surface area (Å²) in [6, 6.07) is 7.32. The van der Waals surface area contributed by atoms with Crippen LogP contribution >= 0.6 is 0 Å². The number of nitrogens with zero attached hydrogens (tertiary/aromatic N) is 1. The number of rotatable bonds is 5. The average molecular weight is 306 g/mol. The molecular formula is C16H22N2O4. The maximum Gasteiger partial charge on any atom is 0.257 e. The van der Waals surface area contributed by atoms with Crippen molar-refractivity contribution in [2.24, 2.45) is 0 Å². The highest BCUT2D eigenvalue weighted by Crippen LogP contribution is 2.21. The summed E-state index contributed by atoms with van der Waals surface area (Å²) < 4.78 is 10.0. The Morgan fingerprint density at radius 1 is 1.23 bits per heavy atom. The Morgan fingerprint density at radius 2 is 1.91 bits per heavy atom. The second-order valence-electron chi connectivity index (χ2n) is 5.27. The van der Waals surface area contributed by atoms with Crippen LogP contribution in [0.1, 0.15) is 23.2 Å². The van der Waals surface area contributed by atoms with Gasteiger partial charge in [-0.05, 0) is 25.0 Å². The molecule has 2 rings (SSSR count). The molecule has 0 unspecified atom stereocenters. The number of likely N-dealkylation sites (tertiary alicyclic amines) is 1. The first kappa shape index (κ1) is 16.3. The van der Waals surface area contributed by atoms with Gasteiger partial charge in [-0.1, -0.05) is 12.1 Å². The summed E-state index contributed by atoms with van der Waals surface area (Å²) in [4.78, 5) is 25.9. The SMILES string of the molecule is COCC(=O)NC1CCN(C(=O)c2ccccc2OC)CC1. The van der Waals surface area contributed by atoms with Gasteiger partial charge in [0.25, 0.3) is 5.91 Å². The van der Waals surface area contributed by atoms with Gasteiger partial charge in [-0.3, -0.25) is 9.59 Å². The van der Waals surface area contributed by atoms with E-state index in [1.54, 1.807) is 24.1 Å². The molecule has 0 aliphatic carbocycles. The summed E-state index contributed by atoms with van der Waals surface area (Å²) in [6.07, 6.45) is 1.49. The summed E-state index contributed by atoms with van der Waals surface area (Å²) in [5.41, 5.74) is 0.576. The van der Waals surface area contributed by atoms with Crippen LogP contribution in [0.5, 0.6) is 5.75 Å². The Balaban J connectivity index is 1.91. The molecule has 1 saturated heterocycles. The lowest BCUT2D eigenvalue weighted by atomic mass is 10.0. The van der Waals surface area contributed by atoms with E-state index in [-0.39, 0.29) is 24.5 Å². The minimum absolute atomic E-state index is 0.0286. The fourth-order valence-corrected chi connectivity index (χ4v) is 2.62. The van der Waals surface area contributed by atoms with Crippen LogP contribution in [0, 0.1) is 0 Å². The molecule has 1 N–H and O–H groups in total. The Labute approximate surface area is 130 Å². The Kier molecular flexibility index (Phi) is 5.77. The van der Waals surface area contributed by atoms with Crippen molar-refractivity contribution < 1.29 is 19.1 Å². The van der Waals surface area contributed by atoms with Gasteiger partial charge in [-0.15, -0.1) is 0 Å². The van der Waals surface area contributed by atoms with E-state index in [2.05, 4.69) is 5.32 Å². The standard InChI is InChI=1S/C16H22N2O4/c1-21-11-15(19)17-12-7-9-18(10-8-12)16(20)13-5-3-4-6-14(13)22-2/h3-6,12H,7-11H2,1-2H3,(H,17,19). The fourth-order valence-electron chi connectivity index (χ4n) is 2.62. The zero-order chi connectivity index (χ0) is 15.9. The first-order valence-corrected chi connectivity index (χ1v) is 7.36. The minimum atomic E-state index is -0.114. The number of ether oxygens (including phenoxy) is 2. The lowest BCUT2D eigenvalue weighted by Crippen LogP contribution is -2.47. The van der Waals surface area contributed by atoms with Crippen LogP contribution in [-0.4, -0.2) is 56.7 Å². The van der Waals surface area contributed by atoms with Gasteiger partial charge in [-0.2, -0.15) is 0 Å². The number of methoxy groups -OCH3 is 2. The molecule has 6 nitrogen and oxygen atoms in total. The molecule has 2 amide bonds. The van der Waals surface area contributed by atoms with Gasteiger partial charge in [0.2, 0.25) is 5.91 Å². The molecular weight excluding hydrogens is 284 g/mol. The molecule has 0 radical (unpaired) electrons. The topological polar surface area (TPSA) is 67.9 Å². The number of piperidine rings is 1. The predicted octanol–water partition coefficient (Wildman–Crippen LogP) is 1.06. The summed E-state index contributed by atoms with van der Waals surface area (Å²) in [6.45, 7) is 1.31. The lowest BCUT2D eigenvalue weighted by molar-refractivity contribution is -0.125. The van der Waals surface area contributed by atoms with E-state index in [4.69, 9.17) is 9.47 Å². The zero-order valence-corrected chi connectivity index (χ0v) is 13.0. The molecule has 0 atom stereocenters. The largest absolute Gasteiger partial charge is 0.496 e. The molecule has 0 bridgehead atoms. The van der Waals surface area contributed by atoms with Gasteiger partial charge in [0.1, 0.15) is 12.4 Å². The van der Waals surface area contributed by atoms with Crippen molar-refractivity contribution in [2.45, 2.75) is 18.9 Å². The molecule has 22 heavy (non-hydrogen) atoms. The fraction of sp³-hybridized carbons (Fsp3) is 0.500. The Hall–Kier alpha value is -2.08. The van der Waals surface area contributed by atoms with Crippen molar-refractivity contribution in [1.29, 1.82) is 0 Å². The van der Waals surface area contributed by atoms with Gasteiger partial charge >= 0.3 is 0 Å². The van der Waals surface area contributed by atoms with Crippen LogP contribution in [-0.2, 0) is 9.53 Å². The number of benzene rings is 1. The normalized spacial score (nSPS) is 15.5. The zero-order valence-electron chi connectivity index (χ0n) is 13.0. The second kappa shape index (κ2) is 7.79. The van der Waals surface area contributed by atoms with Gasteiger partial charge in [0.05, 0.1) is 12.7 Å². The van der Waals surface area contributed by atoms with Crippen LogP contribution in [0.3, 0.4) is 0 Å². The van der Waals surface area contributed by atoms with E-state index in [0.717, 1.165) is 12.8 Å². The molecule has 1 aliphatic heterocycles.